The second kappa shape index (κ2) is 7.12. The van der Waals surface area contributed by atoms with Gasteiger partial charge in [0.05, 0.1) is 10.8 Å². The van der Waals surface area contributed by atoms with E-state index in [4.69, 9.17) is 4.42 Å². The number of carbonyl (C=O) groups excluding carboxylic acids is 1. The van der Waals surface area contributed by atoms with E-state index in [9.17, 15) is 9.18 Å². The quantitative estimate of drug-likeness (QED) is 0.848. The van der Waals surface area contributed by atoms with Crippen LogP contribution in [-0.4, -0.2) is 27.4 Å². The minimum Gasteiger partial charge on any atom is -0.411 e. The highest BCUT2D eigenvalue weighted by Crippen LogP contribution is 2.28. The summed E-state index contributed by atoms with van der Waals surface area (Å²) in [5.74, 6) is -0.332. The lowest BCUT2D eigenvalue weighted by Gasteiger charge is -2.14. The number of benzene rings is 1. The lowest BCUT2D eigenvalue weighted by atomic mass is 10.2. The molecule has 0 spiro atoms. The maximum absolute atomic E-state index is 13.7. The molecular weight excluding hydrogens is 317 g/mol. The average Bonchev–Trinajstić information content (AvgIpc) is 3.19. The number of halogens is 1. The Bertz CT molecular complexity index is 685. The molecule has 0 saturated heterocycles. The van der Waals surface area contributed by atoms with Gasteiger partial charge in [0.1, 0.15) is 5.82 Å². The third-order valence-electron chi connectivity index (χ3n) is 3.86. The molecule has 1 amide bonds. The zero-order valence-electron chi connectivity index (χ0n) is 12.8. The Kier molecular flexibility index (Phi) is 4.95. The maximum Gasteiger partial charge on any atom is 0.277 e. The van der Waals surface area contributed by atoms with Gasteiger partial charge in [-0.1, -0.05) is 36.7 Å². The van der Waals surface area contributed by atoms with Gasteiger partial charge in [-0.2, -0.15) is 0 Å². The summed E-state index contributed by atoms with van der Waals surface area (Å²) in [6.07, 6.45) is 4.42. The number of amides is 1. The molecule has 23 heavy (non-hydrogen) atoms. The fourth-order valence-corrected chi connectivity index (χ4v) is 3.29. The van der Waals surface area contributed by atoms with E-state index < -0.39 is 5.82 Å². The molecule has 1 aromatic heterocycles. The van der Waals surface area contributed by atoms with E-state index in [1.54, 1.807) is 25.1 Å². The van der Waals surface area contributed by atoms with Crippen LogP contribution >= 0.6 is 11.8 Å². The van der Waals surface area contributed by atoms with Crippen molar-refractivity contribution in [2.45, 2.75) is 49.1 Å². The van der Waals surface area contributed by atoms with Crippen molar-refractivity contribution in [3.8, 4) is 11.5 Å². The van der Waals surface area contributed by atoms with E-state index in [0.29, 0.717) is 0 Å². The minimum absolute atomic E-state index is 0.0347. The molecule has 3 rings (SSSR count). The van der Waals surface area contributed by atoms with Gasteiger partial charge in [-0.25, -0.2) is 4.39 Å². The third-order valence-corrected chi connectivity index (χ3v) is 4.79. The fraction of sp³-hybridized carbons (Fsp3) is 0.438. The average molecular weight is 335 g/mol. The molecule has 1 aliphatic rings. The number of nitrogens with zero attached hydrogens (tertiary/aromatic N) is 2. The first-order valence-electron chi connectivity index (χ1n) is 7.69. The van der Waals surface area contributed by atoms with Crippen molar-refractivity contribution in [3.05, 3.63) is 30.1 Å². The van der Waals surface area contributed by atoms with Gasteiger partial charge in [0.25, 0.3) is 11.1 Å². The molecule has 1 atom stereocenters. The number of hydrogen-bond acceptors (Lipinski definition) is 5. The van der Waals surface area contributed by atoms with E-state index >= 15 is 0 Å². The monoisotopic (exact) mass is 335 g/mol. The zero-order valence-corrected chi connectivity index (χ0v) is 13.6. The van der Waals surface area contributed by atoms with E-state index in [1.807, 2.05) is 0 Å². The first-order chi connectivity index (χ1) is 11.1. The maximum atomic E-state index is 13.7. The summed E-state index contributed by atoms with van der Waals surface area (Å²) in [7, 11) is 0. The number of hydrogen-bond donors (Lipinski definition) is 1. The summed E-state index contributed by atoms with van der Waals surface area (Å²) in [5.41, 5.74) is 0.259. The van der Waals surface area contributed by atoms with Crippen molar-refractivity contribution in [2.24, 2.45) is 0 Å². The number of aromatic nitrogens is 2. The van der Waals surface area contributed by atoms with E-state index in [-0.39, 0.29) is 33.9 Å². The van der Waals surface area contributed by atoms with Gasteiger partial charge in [0.2, 0.25) is 5.91 Å². The van der Waals surface area contributed by atoms with Crippen molar-refractivity contribution >= 4 is 17.7 Å². The smallest absolute Gasteiger partial charge is 0.277 e. The van der Waals surface area contributed by atoms with Gasteiger partial charge < -0.3 is 9.73 Å². The molecule has 1 N–H and O–H groups in total. The molecule has 2 aromatic rings. The van der Waals surface area contributed by atoms with Crippen LogP contribution in [0.2, 0.25) is 0 Å². The largest absolute Gasteiger partial charge is 0.411 e. The molecule has 0 unspecified atom stereocenters. The normalized spacial score (nSPS) is 16.4. The molecule has 0 aliphatic heterocycles. The Balaban J connectivity index is 1.62. The summed E-state index contributed by atoms with van der Waals surface area (Å²) >= 11 is 1.18. The molecule has 1 aliphatic carbocycles. The van der Waals surface area contributed by atoms with Crippen LogP contribution in [-0.2, 0) is 4.79 Å². The molecule has 0 radical (unpaired) electrons. The van der Waals surface area contributed by atoms with Crippen molar-refractivity contribution in [3.63, 3.8) is 0 Å². The predicted octanol–water partition coefficient (Wildman–Crippen LogP) is 3.42. The van der Waals surface area contributed by atoms with Crippen molar-refractivity contribution in [1.29, 1.82) is 0 Å². The van der Waals surface area contributed by atoms with Gasteiger partial charge >= 0.3 is 0 Å². The highest BCUT2D eigenvalue weighted by molar-refractivity contribution is 8.00. The summed E-state index contributed by atoms with van der Waals surface area (Å²) in [6.45, 7) is 1.79. The van der Waals surface area contributed by atoms with Gasteiger partial charge in [-0.3, -0.25) is 4.79 Å². The van der Waals surface area contributed by atoms with E-state index in [2.05, 4.69) is 15.5 Å². The second-order valence-corrected chi connectivity index (χ2v) is 6.90. The van der Waals surface area contributed by atoms with Crippen LogP contribution in [0.25, 0.3) is 11.5 Å². The van der Waals surface area contributed by atoms with Crippen LogP contribution in [0.1, 0.15) is 32.6 Å². The van der Waals surface area contributed by atoms with Crippen molar-refractivity contribution in [2.75, 3.05) is 0 Å². The molecule has 1 heterocycles. The SMILES string of the molecule is C[C@H](Sc1nnc(-c2ccccc2F)o1)C(=O)NC1CCCC1. The Hall–Kier alpha value is -1.89. The van der Waals surface area contributed by atoms with Crippen LogP contribution in [0.15, 0.2) is 33.9 Å². The molecule has 122 valence electrons. The lowest BCUT2D eigenvalue weighted by molar-refractivity contribution is -0.120. The first kappa shape index (κ1) is 16.0. The second-order valence-electron chi connectivity index (χ2n) is 5.60. The number of rotatable bonds is 5. The van der Waals surface area contributed by atoms with Crippen molar-refractivity contribution < 1.29 is 13.6 Å². The third kappa shape index (κ3) is 3.90. The number of thioether (sulfide) groups is 1. The van der Waals surface area contributed by atoms with Gasteiger partial charge in [0.15, 0.2) is 0 Å². The Morgan fingerprint density at radius 3 is 2.83 bits per heavy atom. The Morgan fingerprint density at radius 1 is 1.35 bits per heavy atom. The van der Waals surface area contributed by atoms with Crippen LogP contribution < -0.4 is 5.32 Å². The van der Waals surface area contributed by atoms with Gasteiger partial charge in [-0.15, -0.1) is 10.2 Å². The first-order valence-corrected chi connectivity index (χ1v) is 8.57. The van der Waals surface area contributed by atoms with Gasteiger partial charge in [0, 0.05) is 6.04 Å². The van der Waals surface area contributed by atoms with E-state index in [1.165, 1.54) is 30.7 Å². The summed E-state index contributed by atoms with van der Waals surface area (Å²) in [6, 6.07) is 6.49. The van der Waals surface area contributed by atoms with Crippen LogP contribution in [0.4, 0.5) is 4.39 Å². The van der Waals surface area contributed by atoms with Crippen LogP contribution in [0.5, 0.6) is 0 Å². The molecule has 0 bridgehead atoms. The predicted molar refractivity (Wildman–Crippen MR) is 85.4 cm³/mol. The van der Waals surface area contributed by atoms with E-state index in [0.717, 1.165) is 12.8 Å². The molecule has 5 nitrogen and oxygen atoms in total. The lowest BCUT2D eigenvalue weighted by Crippen LogP contribution is -2.37. The molecule has 1 fully saturated rings. The minimum atomic E-state index is -0.417. The molecule has 7 heteroatoms. The summed E-state index contributed by atoms with van der Waals surface area (Å²) < 4.78 is 19.2. The van der Waals surface area contributed by atoms with Crippen LogP contribution in [0.3, 0.4) is 0 Å². The highest BCUT2D eigenvalue weighted by atomic mass is 32.2. The Labute approximate surface area is 138 Å². The number of nitrogens with one attached hydrogen (secondary N) is 1. The van der Waals surface area contributed by atoms with Gasteiger partial charge in [-0.05, 0) is 31.9 Å². The summed E-state index contributed by atoms with van der Waals surface area (Å²) in [5, 5.41) is 10.7. The van der Waals surface area contributed by atoms with Crippen LogP contribution in [0, 0.1) is 5.82 Å². The highest BCUT2D eigenvalue weighted by Gasteiger charge is 2.23. The molecule has 1 aromatic carbocycles. The summed E-state index contributed by atoms with van der Waals surface area (Å²) in [4.78, 5) is 12.2. The number of carbonyl (C=O) groups is 1. The van der Waals surface area contributed by atoms with Crippen molar-refractivity contribution in [1.82, 2.24) is 15.5 Å². The zero-order chi connectivity index (χ0) is 16.2. The molecule has 1 saturated carbocycles. The Morgan fingerprint density at radius 2 is 2.09 bits per heavy atom. The topological polar surface area (TPSA) is 68.0 Å². The standard InChI is InChI=1S/C16H18FN3O2S/c1-10(14(21)18-11-6-2-3-7-11)23-16-20-19-15(22-16)12-8-4-5-9-13(12)17/h4-5,8-11H,2-3,6-7H2,1H3,(H,18,21)/t10-/m0/s1. The fourth-order valence-electron chi connectivity index (χ4n) is 2.59. The molecular formula is C16H18FN3O2S.